The fourth-order valence-corrected chi connectivity index (χ4v) is 2.90. The number of carbonyl (C=O) groups is 1. The number of nitrogens with zero attached hydrogens (tertiary/aromatic N) is 2. The SMILES string of the molecule is O=C(CO/N=C/c1ccc(O)c(O)c1O)NC[C@H]1O[C@@H](n2ccc(=O)[nH]c2=O)[C@H](O)[C@@H]1O. The van der Waals surface area contributed by atoms with Crippen molar-refractivity contribution in [3.05, 3.63) is 50.8 Å². The fraction of sp³-hybridized carbons (Fsp3) is 0.333. The van der Waals surface area contributed by atoms with E-state index in [0.29, 0.717) is 0 Å². The highest BCUT2D eigenvalue weighted by Gasteiger charge is 2.44. The second-order valence-corrected chi connectivity index (χ2v) is 6.75. The molecule has 0 radical (unpaired) electrons. The number of hydrogen-bond donors (Lipinski definition) is 7. The van der Waals surface area contributed by atoms with E-state index in [4.69, 9.17) is 9.57 Å². The number of oxime groups is 1. The zero-order valence-corrected chi connectivity index (χ0v) is 16.3. The van der Waals surface area contributed by atoms with Crippen molar-refractivity contribution in [3.63, 3.8) is 0 Å². The number of carbonyl (C=O) groups excluding carboxylic acids is 1. The number of phenols is 3. The van der Waals surface area contributed by atoms with E-state index >= 15 is 0 Å². The Morgan fingerprint density at radius 1 is 1.19 bits per heavy atom. The Labute approximate surface area is 178 Å². The fourth-order valence-electron chi connectivity index (χ4n) is 2.90. The zero-order valence-electron chi connectivity index (χ0n) is 16.3. The quantitative estimate of drug-likeness (QED) is 0.132. The molecule has 0 aliphatic carbocycles. The molecular formula is C18H20N4O10. The van der Waals surface area contributed by atoms with Gasteiger partial charge in [-0.2, -0.15) is 0 Å². The molecule has 14 nitrogen and oxygen atoms in total. The normalized spacial score (nSPS) is 22.8. The van der Waals surface area contributed by atoms with Gasteiger partial charge in [-0.15, -0.1) is 0 Å². The molecular weight excluding hydrogens is 432 g/mol. The second-order valence-electron chi connectivity index (χ2n) is 6.75. The van der Waals surface area contributed by atoms with Crippen LogP contribution < -0.4 is 16.6 Å². The summed E-state index contributed by atoms with van der Waals surface area (Å²) in [6, 6.07) is 3.43. The molecule has 1 fully saturated rings. The van der Waals surface area contributed by atoms with Gasteiger partial charge in [0.2, 0.25) is 5.75 Å². The number of aromatic amines is 1. The van der Waals surface area contributed by atoms with Gasteiger partial charge >= 0.3 is 5.69 Å². The molecule has 0 spiro atoms. The van der Waals surface area contributed by atoms with E-state index in [1.54, 1.807) is 0 Å². The number of rotatable bonds is 7. The van der Waals surface area contributed by atoms with Gasteiger partial charge in [-0.05, 0) is 12.1 Å². The van der Waals surface area contributed by atoms with Crippen LogP contribution in [-0.2, 0) is 14.4 Å². The van der Waals surface area contributed by atoms with E-state index in [-0.39, 0.29) is 12.1 Å². The third-order valence-corrected chi connectivity index (χ3v) is 4.59. The molecule has 172 valence electrons. The van der Waals surface area contributed by atoms with Crippen LogP contribution in [-0.4, -0.2) is 78.7 Å². The van der Waals surface area contributed by atoms with Crippen molar-refractivity contribution >= 4 is 12.1 Å². The molecule has 0 bridgehead atoms. The Kier molecular flexibility index (Phi) is 6.77. The lowest BCUT2D eigenvalue weighted by Gasteiger charge is -2.16. The molecule has 4 atom stereocenters. The van der Waals surface area contributed by atoms with Crippen LogP contribution in [0.3, 0.4) is 0 Å². The Bertz CT molecular complexity index is 1130. The van der Waals surface area contributed by atoms with Crippen molar-refractivity contribution in [2.45, 2.75) is 24.5 Å². The lowest BCUT2D eigenvalue weighted by molar-refractivity contribution is -0.126. The van der Waals surface area contributed by atoms with Gasteiger partial charge in [0.15, 0.2) is 24.3 Å². The predicted molar refractivity (Wildman–Crippen MR) is 105 cm³/mol. The van der Waals surface area contributed by atoms with Gasteiger partial charge in [0, 0.05) is 24.4 Å². The molecule has 1 amide bonds. The number of H-pyrrole nitrogens is 1. The summed E-state index contributed by atoms with van der Waals surface area (Å²) in [4.78, 5) is 41.7. The molecule has 3 rings (SSSR count). The van der Waals surface area contributed by atoms with Gasteiger partial charge in [0.25, 0.3) is 11.5 Å². The molecule has 1 aliphatic rings. The van der Waals surface area contributed by atoms with Crippen LogP contribution in [0.25, 0.3) is 0 Å². The molecule has 1 aromatic carbocycles. The standard InChI is InChI=1S/C18H20N4O10/c23-9-2-1-8(13(26)14(9)27)5-20-31-7-12(25)19-6-10-15(28)16(29)17(32-10)22-4-3-11(24)21-18(22)30/h1-5,10,15-17,23,26-29H,6-7H2,(H,19,25)(H,21,24,30)/b20-5+/t10-,15-,16-,17-/m1/s1. The van der Waals surface area contributed by atoms with E-state index in [1.165, 1.54) is 6.07 Å². The molecule has 0 unspecified atom stereocenters. The van der Waals surface area contributed by atoms with E-state index in [9.17, 15) is 39.9 Å². The smallest absolute Gasteiger partial charge is 0.330 e. The highest BCUT2D eigenvalue weighted by molar-refractivity contribution is 5.85. The van der Waals surface area contributed by atoms with Crippen LogP contribution in [0, 0.1) is 0 Å². The summed E-state index contributed by atoms with van der Waals surface area (Å²) in [7, 11) is 0. The summed E-state index contributed by atoms with van der Waals surface area (Å²) < 4.78 is 6.35. The number of aliphatic hydroxyl groups is 2. The van der Waals surface area contributed by atoms with Crippen molar-refractivity contribution in [3.8, 4) is 17.2 Å². The molecule has 1 aliphatic heterocycles. The van der Waals surface area contributed by atoms with Crippen molar-refractivity contribution in [2.75, 3.05) is 13.2 Å². The highest BCUT2D eigenvalue weighted by Crippen LogP contribution is 2.36. The minimum atomic E-state index is -1.49. The molecule has 1 aromatic heterocycles. The number of aromatic hydroxyl groups is 3. The molecule has 14 heteroatoms. The number of aromatic nitrogens is 2. The number of aliphatic hydroxyl groups excluding tert-OH is 2. The Balaban J connectivity index is 1.50. The van der Waals surface area contributed by atoms with Crippen LogP contribution in [0.15, 0.2) is 39.1 Å². The Morgan fingerprint density at radius 2 is 1.94 bits per heavy atom. The molecule has 0 saturated carbocycles. The third kappa shape index (κ3) is 4.88. The Hall–Kier alpha value is -3.88. The maximum Gasteiger partial charge on any atom is 0.330 e. The van der Waals surface area contributed by atoms with Crippen LogP contribution >= 0.6 is 0 Å². The van der Waals surface area contributed by atoms with Crippen molar-refractivity contribution in [1.82, 2.24) is 14.9 Å². The van der Waals surface area contributed by atoms with E-state index in [0.717, 1.165) is 29.1 Å². The Morgan fingerprint density at radius 3 is 2.66 bits per heavy atom. The van der Waals surface area contributed by atoms with Crippen molar-refractivity contribution in [2.24, 2.45) is 5.16 Å². The third-order valence-electron chi connectivity index (χ3n) is 4.59. The second kappa shape index (κ2) is 9.51. The predicted octanol–water partition coefficient (Wildman–Crippen LogP) is -2.56. The lowest BCUT2D eigenvalue weighted by Crippen LogP contribution is -2.41. The monoisotopic (exact) mass is 452 g/mol. The number of hydrogen-bond acceptors (Lipinski definition) is 11. The first-order valence-corrected chi connectivity index (χ1v) is 9.18. The van der Waals surface area contributed by atoms with E-state index in [2.05, 4.69) is 10.5 Å². The van der Waals surface area contributed by atoms with E-state index in [1.807, 2.05) is 4.98 Å². The maximum absolute atomic E-state index is 11.9. The first-order valence-electron chi connectivity index (χ1n) is 9.18. The number of ether oxygens (including phenoxy) is 1. The van der Waals surface area contributed by atoms with Crippen LogP contribution in [0.2, 0.25) is 0 Å². The number of phenolic OH excluding ortho intramolecular Hbond substituents is 3. The largest absolute Gasteiger partial charge is 0.504 e. The molecule has 2 heterocycles. The van der Waals surface area contributed by atoms with Gasteiger partial charge in [-0.25, -0.2) is 4.79 Å². The molecule has 2 aromatic rings. The summed E-state index contributed by atoms with van der Waals surface area (Å²) in [6.07, 6.45) is -3.13. The highest BCUT2D eigenvalue weighted by atomic mass is 16.6. The lowest BCUT2D eigenvalue weighted by atomic mass is 10.1. The number of nitrogens with one attached hydrogen (secondary N) is 2. The minimum absolute atomic E-state index is 0.0284. The van der Waals surface area contributed by atoms with Crippen molar-refractivity contribution in [1.29, 1.82) is 0 Å². The first kappa shape index (κ1) is 22.8. The maximum atomic E-state index is 11.9. The van der Waals surface area contributed by atoms with Gasteiger partial charge < -0.3 is 40.4 Å². The molecule has 7 N–H and O–H groups in total. The van der Waals surface area contributed by atoms with E-state index < -0.39 is 65.6 Å². The zero-order chi connectivity index (χ0) is 23.4. The minimum Gasteiger partial charge on any atom is -0.504 e. The summed E-state index contributed by atoms with van der Waals surface area (Å²) in [5.74, 6) is -2.53. The average molecular weight is 452 g/mol. The topological polar surface area (TPSA) is 216 Å². The van der Waals surface area contributed by atoms with Gasteiger partial charge in [-0.1, -0.05) is 5.16 Å². The van der Waals surface area contributed by atoms with Crippen LogP contribution in [0.4, 0.5) is 0 Å². The van der Waals surface area contributed by atoms with Crippen molar-refractivity contribution < 1.29 is 39.9 Å². The molecule has 32 heavy (non-hydrogen) atoms. The first-order chi connectivity index (χ1) is 15.2. The van der Waals surface area contributed by atoms with Crippen LogP contribution in [0.5, 0.6) is 17.2 Å². The van der Waals surface area contributed by atoms with Gasteiger partial charge in [0.1, 0.15) is 18.3 Å². The van der Waals surface area contributed by atoms with Crippen LogP contribution in [0.1, 0.15) is 11.8 Å². The summed E-state index contributed by atoms with van der Waals surface area (Å²) in [6.45, 7) is -0.777. The van der Waals surface area contributed by atoms with Gasteiger partial charge in [0.05, 0.1) is 6.21 Å². The van der Waals surface area contributed by atoms with Gasteiger partial charge in [-0.3, -0.25) is 19.1 Å². The molecule has 1 saturated heterocycles. The summed E-state index contributed by atoms with van der Waals surface area (Å²) in [5.41, 5.74) is -1.44. The summed E-state index contributed by atoms with van der Waals surface area (Å²) in [5, 5.41) is 54.4. The average Bonchev–Trinajstić information content (AvgIpc) is 3.03. The number of amides is 1. The number of benzene rings is 1. The summed E-state index contributed by atoms with van der Waals surface area (Å²) >= 11 is 0.